The molecule has 1 aliphatic rings. The van der Waals surface area contributed by atoms with Gasteiger partial charge in [0.25, 0.3) is 0 Å². The second-order valence-electron chi connectivity index (χ2n) is 5.86. The Bertz CT molecular complexity index is 590. The zero-order valence-corrected chi connectivity index (χ0v) is 13.4. The lowest BCUT2D eigenvalue weighted by atomic mass is 9.90. The van der Waals surface area contributed by atoms with Gasteiger partial charge in [-0.15, -0.1) is 0 Å². The van der Waals surface area contributed by atoms with Crippen molar-refractivity contribution in [2.24, 2.45) is 5.41 Å². The SMILES string of the molecule is C=C(C)C(=O)OC(C)=C=C(C)C(=O)OC1C(=O)OCC1(C)C. The third-order valence-electron chi connectivity index (χ3n) is 3.00. The summed E-state index contributed by atoms with van der Waals surface area (Å²) < 4.78 is 15.0. The Morgan fingerprint density at radius 3 is 2.32 bits per heavy atom. The summed E-state index contributed by atoms with van der Waals surface area (Å²) in [4.78, 5) is 34.9. The van der Waals surface area contributed by atoms with Gasteiger partial charge in [-0.2, -0.15) is 0 Å². The van der Waals surface area contributed by atoms with Gasteiger partial charge in [-0.3, -0.25) is 0 Å². The molecule has 0 spiro atoms. The van der Waals surface area contributed by atoms with E-state index in [9.17, 15) is 14.4 Å². The average molecular weight is 308 g/mol. The molecule has 0 aliphatic carbocycles. The van der Waals surface area contributed by atoms with E-state index in [2.05, 4.69) is 12.3 Å². The lowest BCUT2D eigenvalue weighted by Gasteiger charge is -2.21. The van der Waals surface area contributed by atoms with Gasteiger partial charge in [-0.1, -0.05) is 26.2 Å². The molecule has 1 unspecified atom stereocenters. The molecular formula is C16H20O6. The second-order valence-corrected chi connectivity index (χ2v) is 5.86. The predicted molar refractivity (Wildman–Crippen MR) is 77.4 cm³/mol. The van der Waals surface area contributed by atoms with Gasteiger partial charge in [0, 0.05) is 17.9 Å². The molecule has 0 bridgehead atoms. The minimum Gasteiger partial charge on any atom is -0.462 e. The maximum Gasteiger partial charge on any atom is 0.348 e. The molecule has 1 atom stereocenters. The highest BCUT2D eigenvalue weighted by atomic mass is 16.6. The number of ether oxygens (including phenoxy) is 3. The first-order chi connectivity index (χ1) is 10.0. The van der Waals surface area contributed by atoms with Gasteiger partial charge in [-0.25, -0.2) is 14.4 Å². The summed E-state index contributed by atoms with van der Waals surface area (Å²) in [6, 6.07) is 0. The topological polar surface area (TPSA) is 78.9 Å². The van der Waals surface area contributed by atoms with Crippen LogP contribution < -0.4 is 0 Å². The third-order valence-corrected chi connectivity index (χ3v) is 3.00. The normalized spacial score (nSPS) is 18.8. The Kier molecular flexibility index (Phi) is 5.33. The van der Waals surface area contributed by atoms with Crippen LogP contribution in [0.5, 0.6) is 0 Å². The second kappa shape index (κ2) is 6.62. The lowest BCUT2D eigenvalue weighted by molar-refractivity contribution is -0.160. The Hall–Kier alpha value is -2.33. The van der Waals surface area contributed by atoms with Gasteiger partial charge in [0.1, 0.15) is 12.4 Å². The summed E-state index contributed by atoms with van der Waals surface area (Å²) in [6.45, 7) is 11.6. The summed E-state index contributed by atoms with van der Waals surface area (Å²) in [7, 11) is 0. The Morgan fingerprint density at radius 1 is 1.27 bits per heavy atom. The largest absolute Gasteiger partial charge is 0.462 e. The monoisotopic (exact) mass is 308 g/mol. The van der Waals surface area contributed by atoms with E-state index in [-0.39, 0.29) is 23.5 Å². The molecule has 0 N–H and O–H groups in total. The number of cyclic esters (lactones) is 1. The van der Waals surface area contributed by atoms with Gasteiger partial charge in [-0.05, 0) is 13.8 Å². The molecule has 0 aromatic carbocycles. The fourth-order valence-electron chi connectivity index (χ4n) is 1.70. The van der Waals surface area contributed by atoms with E-state index in [0.29, 0.717) is 0 Å². The van der Waals surface area contributed by atoms with Crippen LogP contribution in [0.2, 0.25) is 0 Å². The van der Waals surface area contributed by atoms with Crippen molar-refractivity contribution in [3.05, 3.63) is 29.2 Å². The van der Waals surface area contributed by atoms with Crippen LogP contribution in [-0.4, -0.2) is 30.6 Å². The number of hydrogen-bond acceptors (Lipinski definition) is 6. The minimum atomic E-state index is -0.963. The van der Waals surface area contributed by atoms with Crippen molar-refractivity contribution in [2.45, 2.75) is 40.7 Å². The average Bonchev–Trinajstić information content (AvgIpc) is 2.65. The predicted octanol–water partition coefficient (Wildman–Crippen LogP) is 2.05. The maximum atomic E-state index is 12.0. The van der Waals surface area contributed by atoms with Crippen LogP contribution in [-0.2, 0) is 28.6 Å². The molecule has 0 amide bonds. The van der Waals surface area contributed by atoms with Crippen molar-refractivity contribution in [1.29, 1.82) is 0 Å². The van der Waals surface area contributed by atoms with Crippen LogP contribution >= 0.6 is 0 Å². The molecule has 1 saturated heterocycles. The van der Waals surface area contributed by atoms with Gasteiger partial charge >= 0.3 is 17.9 Å². The maximum absolute atomic E-state index is 12.0. The molecule has 0 saturated carbocycles. The van der Waals surface area contributed by atoms with E-state index < -0.39 is 29.4 Å². The Balaban J connectivity index is 2.84. The van der Waals surface area contributed by atoms with Crippen molar-refractivity contribution in [3.8, 4) is 0 Å². The zero-order chi connectivity index (χ0) is 17.1. The number of carbonyl (C=O) groups excluding carboxylic acids is 3. The van der Waals surface area contributed by atoms with Crippen molar-refractivity contribution in [2.75, 3.05) is 6.61 Å². The first kappa shape index (κ1) is 17.7. The van der Waals surface area contributed by atoms with E-state index in [1.54, 1.807) is 13.8 Å². The van der Waals surface area contributed by atoms with Crippen molar-refractivity contribution in [1.82, 2.24) is 0 Å². The minimum absolute atomic E-state index is 0.0857. The summed E-state index contributed by atoms with van der Waals surface area (Å²) in [6.07, 6.45) is -0.963. The molecule has 0 aromatic heterocycles. The van der Waals surface area contributed by atoms with Crippen LogP contribution in [0.1, 0.15) is 34.6 Å². The molecule has 1 rings (SSSR count). The van der Waals surface area contributed by atoms with Gasteiger partial charge in [0.15, 0.2) is 0 Å². The van der Waals surface area contributed by atoms with Crippen LogP contribution in [0, 0.1) is 5.41 Å². The van der Waals surface area contributed by atoms with E-state index in [1.807, 2.05) is 0 Å². The number of hydrogen-bond donors (Lipinski definition) is 0. The summed E-state index contributed by atoms with van der Waals surface area (Å²) >= 11 is 0. The zero-order valence-electron chi connectivity index (χ0n) is 13.4. The molecule has 1 fully saturated rings. The van der Waals surface area contributed by atoms with Crippen LogP contribution in [0.25, 0.3) is 0 Å². The fraction of sp³-hybridized carbons (Fsp3) is 0.500. The lowest BCUT2D eigenvalue weighted by Crippen LogP contribution is -2.35. The highest BCUT2D eigenvalue weighted by Crippen LogP contribution is 2.31. The van der Waals surface area contributed by atoms with Crippen molar-refractivity contribution < 1.29 is 28.6 Å². The fourth-order valence-corrected chi connectivity index (χ4v) is 1.70. The number of carbonyl (C=O) groups is 3. The summed E-state index contributed by atoms with van der Waals surface area (Å²) in [5.74, 6) is -1.79. The molecule has 0 aromatic rings. The highest BCUT2D eigenvalue weighted by molar-refractivity contribution is 5.91. The van der Waals surface area contributed by atoms with Crippen LogP contribution in [0.4, 0.5) is 0 Å². The van der Waals surface area contributed by atoms with E-state index in [4.69, 9.17) is 14.2 Å². The van der Waals surface area contributed by atoms with E-state index in [0.717, 1.165) is 0 Å². The molecule has 120 valence electrons. The quantitative estimate of drug-likeness (QED) is 0.260. The van der Waals surface area contributed by atoms with Crippen molar-refractivity contribution in [3.63, 3.8) is 0 Å². The van der Waals surface area contributed by atoms with Gasteiger partial charge in [0.2, 0.25) is 6.10 Å². The molecule has 6 heteroatoms. The number of esters is 3. The van der Waals surface area contributed by atoms with E-state index in [1.165, 1.54) is 20.8 Å². The number of rotatable bonds is 4. The van der Waals surface area contributed by atoms with Gasteiger partial charge in [0.05, 0.1) is 5.57 Å². The molecule has 1 heterocycles. The van der Waals surface area contributed by atoms with E-state index >= 15 is 0 Å². The Labute approximate surface area is 129 Å². The summed E-state index contributed by atoms with van der Waals surface area (Å²) in [5.41, 5.74) is 2.34. The standard InChI is InChI=1S/C16H20O6/c1-9(2)13(17)21-11(4)7-10(3)14(18)22-12-15(19)20-8-16(12,5)6/h12H,1,8H2,2-6H3. The van der Waals surface area contributed by atoms with Gasteiger partial charge < -0.3 is 14.2 Å². The smallest absolute Gasteiger partial charge is 0.348 e. The van der Waals surface area contributed by atoms with Crippen LogP contribution in [0.15, 0.2) is 29.2 Å². The Morgan fingerprint density at radius 2 is 1.86 bits per heavy atom. The van der Waals surface area contributed by atoms with Crippen LogP contribution in [0.3, 0.4) is 0 Å². The molecule has 22 heavy (non-hydrogen) atoms. The van der Waals surface area contributed by atoms with Crippen molar-refractivity contribution >= 4 is 17.9 Å². The molecule has 6 nitrogen and oxygen atoms in total. The third kappa shape index (κ3) is 4.33. The molecular weight excluding hydrogens is 288 g/mol. The first-order valence-electron chi connectivity index (χ1n) is 6.74. The molecule has 1 aliphatic heterocycles. The molecule has 0 radical (unpaired) electrons. The highest BCUT2D eigenvalue weighted by Gasteiger charge is 2.46. The first-order valence-corrected chi connectivity index (χ1v) is 6.74. The summed E-state index contributed by atoms with van der Waals surface area (Å²) in [5, 5.41) is 0.